The van der Waals surface area contributed by atoms with Gasteiger partial charge in [0.1, 0.15) is 0 Å². The summed E-state index contributed by atoms with van der Waals surface area (Å²) in [5.74, 6) is 0. The van der Waals surface area contributed by atoms with Crippen LogP contribution < -0.4 is 5.19 Å². The van der Waals surface area contributed by atoms with Crippen LogP contribution in [0.15, 0.2) is 24.3 Å². The van der Waals surface area contributed by atoms with Crippen molar-refractivity contribution in [3.05, 3.63) is 29.8 Å². The second-order valence-corrected chi connectivity index (χ2v) is 5.18. The molecule has 0 atom stereocenters. The van der Waals surface area contributed by atoms with E-state index in [-0.39, 0.29) is 0 Å². The van der Waals surface area contributed by atoms with Gasteiger partial charge in [-0.2, -0.15) is 0 Å². The smallest absolute Gasteiger partial charge is 0.371 e. The molecule has 0 bridgehead atoms. The number of hydrogen-bond donors (Lipinski definition) is 2. The molecular weight excluding hydrogens is 144 g/mol. The van der Waals surface area contributed by atoms with Gasteiger partial charge in [-0.05, 0) is 10.8 Å². The van der Waals surface area contributed by atoms with Gasteiger partial charge >= 0.3 is 8.56 Å². The van der Waals surface area contributed by atoms with Crippen LogP contribution in [0.25, 0.3) is 0 Å². The van der Waals surface area contributed by atoms with E-state index in [1.165, 1.54) is 0 Å². The zero-order valence-electron chi connectivity index (χ0n) is 5.41. The minimum Gasteiger partial charge on any atom is -0.407 e. The quantitative estimate of drug-likeness (QED) is 0.488. The summed E-state index contributed by atoms with van der Waals surface area (Å²) in [4.78, 5) is 18.5. The van der Waals surface area contributed by atoms with Gasteiger partial charge in [-0.1, -0.05) is 24.3 Å². The van der Waals surface area contributed by atoms with Crippen LogP contribution >= 0.6 is 0 Å². The van der Waals surface area contributed by atoms with Gasteiger partial charge in [0.15, 0.2) is 0 Å². The first kappa shape index (κ1) is 6.09. The van der Waals surface area contributed by atoms with Crippen molar-refractivity contribution in [3.63, 3.8) is 0 Å². The van der Waals surface area contributed by atoms with E-state index in [0.29, 0.717) is 6.04 Å². The Morgan fingerprint density at radius 3 is 2.40 bits per heavy atom. The predicted octanol–water partition coefficient (Wildman–Crippen LogP) is -0.584. The van der Waals surface area contributed by atoms with Crippen LogP contribution in [-0.2, 0) is 6.04 Å². The largest absolute Gasteiger partial charge is 0.407 e. The van der Waals surface area contributed by atoms with E-state index < -0.39 is 8.56 Å². The van der Waals surface area contributed by atoms with Crippen molar-refractivity contribution in [2.75, 3.05) is 0 Å². The summed E-state index contributed by atoms with van der Waals surface area (Å²) in [6, 6.07) is 8.00. The lowest BCUT2D eigenvalue weighted by Crippen LogP contribution is -2.61. The van der Waals surface area contributed by atoms with Gasteiger partial charge in [0.2, 0.25) is 0 Å². The molecule has 2 nitrogen and oxygen atoms in total. The molecule has 0 fully saturated rings. The van der Waals surface area contributed by atoms with E-state index in [2.05, 4.69) is 0 Å². The Morgan fingerprint density at radius 2 is 1.90 bits per heavy atom. The Hall–Kier alpha value is -0.643. The normalized spacial score (nSPS) is 19.4. The summed E-state index contributed by atoms with van der Waals surface area (Å²) in [5.41, 5.74) is 1.10. The molecule has 1 aromatic rings. The molecule has 1 aliphatic heterocycles. The minimum atomic E-state index is -2.87. The van der Waals surface area contributed by atoms with Crippen molar-refractivity contribution < 1.29 is 9.59 Å². The van der Waals surface area contributed by atoms with Crippen molar-refractivity contribution in [1.29, 1.82) is 0 Å². The molecule has 0 saturated carbocycles. The molecule has 3 heteroatoms. The van der Waals surface area contributed by atoms with Gasteiger partial charge in [-0.15, -0.1) is 0 Å². The third-order valence-corrected chi connectivity index (χ3v) is 4.11. The molecular formula is C7H8O2Si. The molecule has 0 radical (unpaired) electrons. The van der Waals surface area contributed by atoms with Gasteiger partial charge in [0, 0.05) is 6.04 Å². The number of rotatable bonds is 0. The summed E-state index contributed by atoms with van der Waals surface area (Å²) in [7, 11) is -2.87. The molecule has 0 unspecified atom stereocenters. The minimum absolute atomic E-state index is 0.503. The fourth-order valence-electron chi connectivity index (χ4n) is 1.32. The average molecular weight is 152 g/mol. The molecule has 0 aliphatic carbocycles. The van der Waals surface area contributed by atoms with E-state index >= 15 is 0 Å². The van der Waals surface area contributed by atoms with Gasteiger partial charge in [0.25, 0.3) is 0 Å². The van der Waals surface area contributed by atoms with Crippen molar-refractivity contribution in [2.45, 2.75) is 6.04 Å². The van der Waals surface area contributed by atoms with Crippen molar-refractivity contribution in [1.82, 2.24) is 0 Å². The molecule has 0 amide bonds. The van der Waals surface area contributed by atoms with Crippen LogP contribution in [0, 0.1) is 0 Å². The molecule has 1 heterocycles. The summed E-state index contributed by atoms with van der Waals surface area (Å²) in [5, 5.41) is 0.787. The van der Waals surface area contributed by atoms with Gasteiger partial charge in [-0.3, -0.25) is 0 Å². The molecule has 2 rings (SSSR count). The standard InChI is InChI=1S/C7H8O2Si/c8-10(9)5-6-3-1-2-4-7(6)10/h1-4,8-9H,5H2. The summed E-state index contributed by atoms with van der Waals surface area (Å²) in [6.45, 7) is 0. The third kappa shape index (κ3) is 0.652. The van der Waals surface area contributed by atoms with E-state index in [4.69, 9.17) is 0 Å². The van der Waals surface area contributed by atoms with Crippen molar-refractivity contribution in [3.8, 4) is 0 Å². The summed E-state index contributed by atoms with van der Waals surface area (Å²) >= 11 is 0. The molecule has 1 aromatic carbocycles. The summed E-state index contributed by atoms with van der Waals surface area (Å²) in [6.07, 6.45) is 0. The van der Waals surface area contributed by atoms with Gasteiger partial charge in [-0.25, -0.2) is 0 Å². The van der Waals surface area contributed by atoms with E-state index in [1.54, 1.807) is 6.07 Å². The Bertz CT molecular complexity index is 270. The van der Waals surface area contributed by atoms with Crippen LogP contribution in [-0.4, -0.2) is 18.2 Å². The van der Waals surface area contributed by atoms with Crippen LogP contribution in [0.2, 0.25) is 0 Å². The molecule has 52 valence electrons. The highest BCUT2D eigenvalue weighted by molar-refractivity contribution is 6.82. The Kier molecular flexibility index (Phi) is 1.03. The highest BCUT2D eigenvalue weighted by atomic mass is 28.4. The topological polar surface area (TPSA) is 40.5 Å². The van der Waals surface area contributed by atoms with Crippen LogP contribution in [0.3, 0.4) is 0 Å². The second kappa shape index (κ2) is 1.69. The molecule has 10 heavy (non-hydrogen) atoms. The first-order valence-electron chi connectivity index (χ1n) is 3.23. The maximum absolute atomic E-state index is 9.26. The lowest BCUT2D eigenvalue weighted by molar-refractivity contribution is 0.370. The highest BCUT2D eigenvalue weighted by Gasteiger charge is 2.43. The highest BCUT2D eigenvalue weighted by Crippen LogP contribution is 2.16. The van der Waals surface area contributed by atoms with Crippen molar-refractivity contribution >= 4 is 13.7 Å². The monoisotopic (exact) mass is 152 g/mol. The fourth-order valence-corrected chi connectivity index (χ4v) is 3.10. The Labute approximate surface area is 60.0 Å². The number of benzene rings is 1. The van der Waals surface area contributed by atoms with E-state index in [9.17, 15) is 9.59 Å². The summed E-state index contributed by atoms with van der Waals surface area (Å²) < 4.78 is 0. The van der Waals surface area contributed by atoms with Gasteiger partial charge in [0.05, 0.1) is 0 Å². The maximum Gasteiger partial charge on any atom is 0.371 e. The SMILES string of the molecule is O[Si]1(O)Cc2ccccc21. The molecule has 0 saturated heterocycles. The fraction of sp³-hybridized carbons (Fsp3) is 0.143. The van der Waals surface area contributed by atoms with Crippen LogP contribution in [0.5, 0.6) is 0 Å². The van der Waals surface area contributed by atoms with Crippen LogP contribution in [0.1, 0.15) is 5.56 Å². The third-order valence-electron chi connectivity index (χ3n) is 1.89. The molecule has 2 N–H and O–H groups in total. The average Bonchev–Trinajstić information content (AvgIpc) is 1.86. The molecule has 0 spiro atoms. The zero-order valence-corrected chi connectivity index (χ0v) is 6.41. The maximum atomic E-state index is 9.26. The Balaban J connectivity index is 2.53. The molecule has 0 aromatic heterocycles. The molecule has 1 aliphatic rings. The zero-order chi connectivity index (χ0) is 7.19. The van der Waals surface area contributed by atoms with E-state index in [0.717, 1.165) is 10.8 Å². The number of fused-ring (bicyclic) bond motifs is 1. The predicted molar refractivity (Wildman–Crippen MR) is 40.0 cm³/mol. The first-order valence-corrected chi connectivity index (χ1v) is 5.33. The lowest BCUT2D eigenvalue weighted by atomic mass is 10.2. The number of hydrogen-bond acceptors (Lipinski definition) is 2. The van der Waals surface area contributed by atoms with E-state index in [1.807, 2.05) is 18.2 Å². The lowest BCUT2D eigenvalue weighted by Gasteiger charge is -2.30. The van der Waals surface area contributed by atoms with Gasteiger partial charge < -0.3 is 9.59 Å². The first-order chi connectivity index (χ1) is 4.70. The second-order valence-electron chi connectivity index (χ2n) is 2.65. The van der Waals surface area contributed by atoms with Crippen molar-refractivity contribution in [2.24, 2.45) is 0 Å². The Morgan fingerprint density at radius 1 is 1.20 bits per heavy atom. The van der Waals surface area contributed by atoms with Crippen LogP contribution in [0.4, 0.5) is 0 Å².